The summed E-state index contributed by atoms with van der Waals surface area (Å²) in [5, 5.41) is 10.2. The Labute approximate surface area is 110 Å². The third kappa shape index (κ3) is 2.96. The molecule has 1 aromatic rings. The molecule has 3 nitrogen and oxygen atoms in total. The molecule has 0 saturated heterocycles. The minimum Gasteiger partial charge on any atom is -0.388 e. The fourth-order valence-electron chi connectivity index (χ4n) is 2.95. The molecular weight excluding hydrogens is 224 g/mol. The van der Waals surface area contributed by atoms with Crippen LogP contribution in [-0.2, 0) is 13.0 Å². The SMILES string of the molecule is CN(C)CCCn1ccc2c1CC(C)(C)CC2O. The molecule has 1 atom stereocenters. The van der Waals surface area contributed by atoms with Crippen molar-refractivity contribution < 1.29 is 5.11 Å². The highest BCUT2D eigenvalue weighted by Crippen LogP contribution is 2.41. The predicted molar refractivity (Wildman–Crippen MR) is 74.7 cm³/mol. The highest BCUT2D eigenvalue weighted by Gasteiger charge is 2.32. The second kappa shape index (κ2) is 5.06. The van der Waals surface area contributed by atoms with Crippen molar-refractivity contribution in [3.8, 4) is 0 Å². The van der Waals surface area contributed by atoms with Crippen LogP contribution in [0.25, 0.3) is 0 Å². The molecule has 102 valence electrons. The summed E-state index contributed by atoms with van der Waals surface area (Å²) in [6.45, 7) is 6.65. The van der Waals surface area contributed by atoms with Gasteiger partial charge < -0.3 is 14.6 Å². The van der Waals surface area contributed by atoms with Gasteiger partial charge in [-0.25, -0.2) is 0 Å². The van der Waals surface area contributed by atoms with E-state index in [4.69, 9.17) is 0 Å². The van der Waals surface area contributed by atoms with Crippen LogP contribution in [0, 0.1) is 5.41 Å². The maximum Gasteiger partial charge on any atom is 0.0812 e. The van der Waals surface area contributed by atoms with Crippen LogP contribution in [0.5, 0.6) is 0 Å². The third-order valence-electron chi connectivity index (χ3n) is 3.87. The van der Waals surface area contributed by atoms with Crippen LogP contribution in [0.2, 0.25) is 0 Å². The van der Waals surface area contributed by atoms with E-state index in [0.717, 1.165) is 37.9 Å². The highest BCUT2D eigenvalue weighted by molar-refractivity contribution is 5.29. The second-order valence-electron chi connectivity index (χ2n) is 6.63. The van der Waals surface area contributed by atoms with Gasteiger partial charge in [0.25, 0.3) is 0 Å². The number of aryl methyl sites for hydroxylation is 1. The average molecular weight is 250 g/mol. The van der Waals surface area contributed by atoms with E-state index in [1.165, 1.54) is 5.69 Å². The standard InChI is InChI=1S/C15H26N2O/c1-15(2)10-13-12(14(18)11-15)6-9-17(13)8-5-7-16(3)4/h6,9,14,18H,5,7-8,10-11H2,1-4H3. The number of aliphatic hydroxyl groups excluding tert-OH is 1. The van der Waals surface area contributed by atoms with Gasteiger partial charge in [0, 0.05) is 24.0 Å². The minimum atomic E-state index is -0.279. The van der Waals surface area contributed by atoms with Gasteiger partial charge in [-0.2, -0.15) is 0 Å². The number of hydrogen-bond donors (Lipinski definition) is 1. The first-order valence-electron chi connectivity index (χ1n) is 6.90. The van der Waals surface area contributed by atoms with Crippen molar-refractivity contribution in [2.24, 2.45) is 5.41 Å². The molecule has 1 N–H and O–H groups in total. The zero-order valence-corrected chi connectivity index (χ0v) is 12.1. The second-order valence-corrected chi connectivity index (χ2v) is 6.63. The van der Waals surface area contributed by atoms with Gasteiger partial charge in [0.2, 0.25) is 0 Å². The third-order valence-corrected chi connectivity index (χ3v) is 3.87. The summed E-state index contributed by atoms with van der Waals surface area (Å²) >= 11 is 0. The summed E-state index contributed by atoms with van der Waals surface area (Å²) in [6.07, 6.45) is 4.98. The molecule has 1 aromatic heterocycles. The molecule has 0 aliphatic heterocycles. The van der Waals surface area contributed by atoms with Crippen molar-refractivity contribution in [2.45, 2.75) is 45.8 Å². The molecule has 18 heavy (non-hydrogen) atoms. The minimum absolute atomic E-state index is 0.212. The summed E-state index contributed by atoms with van der Waals surface area (Å²) in [4.78, 5) is 2.22. The molecule has 1 heterocycles. The summed E-state index contributed by atoms with van der Waals surface area (Å²) in [5.41, 5.74) is 2.71. The van der Waals surface area contributed by atoms with Gasteiger partial charge in [0.05, 0.1) is 6.10 Å². The van der Waals surface area contributed by atoms with E-state index >= 15 is 0 Å². The fraction of sp³-hybridized carbons (Fsp3) is 0.733. The van der Waals surface area contributed by atoms with Crippen LogP contribution in [0.1, 0.15) is 44.1 Å². The van der Waals surface area contributed by atoms with Gasteiger partial charge in [-0.3, -0.25) is 0 Å². The normalized spacial score (nSPS) is 22.2. The topological polar surface area (TPSA) is 28.4 Å². The van der Waals surface area contributed by atoms with Crippen LogP contribution in [0.15, 0.2) is 12.3 Å². The van der Waals surface area contributed by atoms with E-state index in [9.17, 15) is 5.11 Å². The molecule has 1 aliphatic carbocycles. The van der Waals surface area contributed by atoms with Crippen LogP contribution < -0.4 is 0 Å². The van der Waals surface area contributed by atoms with Crippen LogP contribution in [0.3, 0.4) is 0 Å². The van der Waals surface area contributed by atoms with Crippen molar-refractivity contribution in [3.63, 3.8) is 0 Å². The largest absolute Gasteiger partial charge is 0.388 e. The van der Waals surface area contributed by atoms with E-state index in [2.05, 4.69) is 49.7 Å². The number of aliphatic hydroxyl groups is 1. The summed E-state index contributed by atoms with van der Waals surface area (Å²) in [7, 11) is 4.22. The molecule has 0 bridgehead atoms. The lowest BCUT2D eigenvalue weighted by Gasteiger charge is -2.34. The van der Waals surface area contributed by atoms with Crippen molar-refractivity contribution in [2.75, 3.05) is 20.6 Å². The number of hydrogen-bond acceptors (Lipinski definition) is 2. The Kier molecular flexibility index (Phi) is 3.83. The van der Waals surface area contributed by atoms with Gasteiger partial charge >= 0.3 is 0 Å². The molecule has 1 aliphatic rings. The lowest BCUT2D eigenvalue weighted by molar-refractivity contribution is 0.0979. The molecule has 0 aromatic carbocycles. The average Bonchev–Trinajstić information content (AvgIpc) is 2.59. The van der Waals surface area contributed by atoms with Crippen molar-refractivity contribution in [3.05, 3.63) is 23.5 Å². The predicted octanol–water partition coefficient (Wildman–Crippen LogP) is 2.45. The Hall–Kier alpha value is -0.800. The molecule has 0 spiro atoms. The lowest BCUT2D eigenvalue weighted by atomic mass is 9.75. The fourth-order valence-corrected chi connectivity index (χ4v) is 2.95. The molecule has 0 saturated carbocycles. The monoisotopic (exact) mass is 250 g/mol. The number of rotatable bonds is 4. The molecule has 1 unspecified atom stereocenters. The first-order chi connectivity index (χ1) is 8.39. The van der Waals surface area contributed by atoms with Crippen molar-refractivity contribution in [1.29, 1.82) is 0 Å². The van der Waals surface area contributed by atoms with Gasteiger partial charge in [0.1, 0.15) is 0 Å². The first kappa shape index (κ1) is 13.6. The Morgan fingerprint density at radius 3 is 2.83 bits per heavy atom. The zero-order valence-electron chi connectivity index (χ0n) is 12.1. The molecule has 2 rings (SSSR count). The van der Waals surface area contributed by atoms with Gasteiger partial charge in [-0.15, -0.1) is 0 Å². The highest BCUT2D eigenvalue weighted by atomic mass is 16.3. The lowest BCUT2D eigenvalue weighted by Crippen LogP contribution is -2.27. The Morgan fingerprint density at radius 2 is 2.17 bits per heavy atom. The Morgan fingerprint density at radius 1 is 1.44 bits per heavy atom. The van der Waals surface area contributed by atoms with E-state index in [1.54, 1.807) is 0 Å². The first-order valence-corrected chi connectivity index (χ1v) is 6.90. The zero-order chi connectivity index (χ0) is 13.3. The van der Waals surface area contributed by atoms with Gasteiger partial charge in [0.15, 0.2) is 0 Å². The van der Waals surface area contributed by atoms with Crippen LogP contribution >= 0.6 is 0 Å². The van der Waals surface area contributed by atoms with E-state index in [1.807, 2.05) is 0 Å². The quantitative estimate of drug-likeness (QED) is 0.889. The van der Waals surface area contributed by atoms with E-state index in [0.29, 0.717) is 0 Å². The Bertz CT molecular complexity index is 407. The van der Waals surface area contributed by atoms with Gasteiger partial charge in [-0.05, 0) is 51.4 Å². The summed E-state index contributed by atoms with van der Waals surface area (Å²) in [6, 6.07) is 2.10. The number of aromatic nitrogens is 1. The molecule has 0 amide bonds. The summed E-state index contributed by atoms with van der Waals surface area (Å²) < 4.78 is 2.34. The Balaban J connectivity index is 2.10. The molecular formula is C15H26N2O. The molecule has 0 radical (unpaired) electrons. The number of nitrogens with zero attached hydrogens (tertiary/aromatic N) is 2. The number of fused-ring (bicyclic) bond motifs is 1. The smallest absolute Gasteiger partial charge is 0.0812 e. The van der Waals surface area contributed by atoms with Gasteiger partial charge in [-0.1, -0.05) is 13.8 Å². The maximum atomic E-state index is 10.2. The van der Waals surface area contributed by atoms with Crippen LogP contribution in [-0.4, -0.2) is 35.2 Å². The van der Waals surface area contributed by atoms with Crippen molar-refractivity contribution in [1.82, 2.24) is 9.47 Å². The van der Waals surface area contributed by atoms with E-state index < -0.39 is 0 Å². The van der Waals surface area contributed by atoms with Crippen LogP contribution in [0.4, 0.5) is 0 Å². The van der Waals surface area contributed by atoms with Crippen molar-refractivity contribution >= 4 is 0 Å². The summed E-state index contributed by atoms with van der Waals surface area (Å²) in [5.74, 6) is 0. The molecule has 3 heteroatoms. The molecule has 0 fully saturated rings. The maximum absolute atomic E-state index is 10.2. The van der Waals surface area contributed by atoms with E-state index in [-0.39, 0.29) is 11.5 Å².